The molecule has 0 saturated carbocycles. The lowest BCUT2D eigenvalue weighted by Gasteiger charge is -2.34. The van der Waals surface area contributed by atoms with Gasteiger partial charge >= 0.3 is 12.1 Å². The number of ether oxygens (including phenoxy) is 1. The molecule has 0 aromatic rings. The molecule has 2 atom stereocenters. The first-order valence-electron chi connectivity index (χ1n) is 5.23. The summed E-state index contributed by atoms with van der Waals surface area (Å²) in [4.78, 5) is 23.6. The maximum Gasteiger partial charge on any atom is 0.410 e. The third-order valence-electron chi connectivity index (χ3n) is 2.72. The van der Waals surface area contributed by atoms with Gasteiger partial charge in [-0.15, -0.1) is 0 Å². The number of carbonyl (C=O) groups is 2. The van der Waals surface area contributed by atoms with Crippen molar-refractivity contribution >= 4 is 12.1 Å². The van der Waals surface area contributed by atoms with Crippen molar-refractivity contribution in [2.45, 2.75) is 45.3 Å². The summed E-state index contributed by atoms with van der Waals surface area (Å²) in [5, 5.41) is 8.57. The Bertz CT molecular complexity index is 254. The molecule has 5 nitrogen and oxygen atoms in total. The van der Waals surface area contributed by atoms with E-state index in [1.54, 1.807) is 4.90 Å². The minimum atomic E-state index is -0.926. The molecule has 0 spiro atoms. The molecule has 1 saturated heterocycles. The molecule has 1 aliphatic heterocycles. The van der Waals surface area contributed by atoms with Gasteiger partial charge in [-0.25, -0.2) is 4.79 Å². The van der Waals surface area contributed by atoms with Gasteiger partial charge < -0.3 is 14.7 Å². The molecular formula is C10H17NO4. The second kappa shape index (κ2) is 5.00. The van der Waals surface area contributed by atoms with Crippen LogP contribution in [0.1, 0.15) is 33.1 Å². The van der Waals surface area contributed by atoms with E-state index in [1.807, 2.05) is 13.8 Å². The van der Waals surface area contributed by atoms with Gasteiger partial charge in [0.05, 0.1) is 6.42 Å². The molecule has 5 heteroatoms. The summed E-state index contributed by atoms with van der Waals surface area (Å²) in [5.41, 5.74) is 0. The first-order valence-corrected chi connectivity index (χ1v) is 5.23. The monoisotopic (exact) mass is 215 g/mol. The largest absolute Gasteiger partial charge is 0.481 e. The van der Waals surface area contributed by atoms with Gasteiger partial charge in [-0.2, -0.15) is 0 Å². The fourth-order valence-corrected chi connectivity index (χ4v) is 1.60. The molecule has 15 heavy (non-hydrogen) atoms. The molecular weight excluding hydrogens is 198 g/mol. The zero-order valence-corrected chi connectivity index (χ0v) is 9.10. The number of nitrogens with zero attached hydrogens (tertiary/aromatic N) is 1. The zero-order valence-electron chi connectivity index (χ0n) is 9.10. The molecule has 0 aliphatic carbocycles. The zero-order chi connectivity index (χ0) is 11.4. The Morgan fingerprint density at radius 1 is 1.73 bits per heavy atom. The molecule has 1 N–H and O–H groups in total. The Hall–Kier alpha value is -1.26. The van der Waals surface area contributed by atoms with Gasteiger partial charge in [0.1, 0.15) is 6.10 Å². The highest BCUT2D eigenvalue weighted by Crippen LogP contribution is 2.18. The normalized spacial score (nSPS) is 23.5. The highest BCUT2D eigenvalue weighted by molar-refractivity contribution is 5.71. The van der Waals surface area contributed by atoms with Crippen molar-refractivity contribution in [3.63, 3.8) is 0 Å². The Labute approximate surface area is 89.0 Å². The van der Waals surface area contributed by atoms with E-state index >= 15 is 0 Å². The van der Waals surface area contributed by atoms with Crippen molar-refractivity contribution in [2.75, 3.05) is 6.54 Å². The van der Waals surface area contributed by atoms with Crippen LogP contribution in [0.3, 0.4) is 0 Å². The fourth-order valence-electron chi connectivity index (χ4n) is 1.60. The molecule has 86 valence electrons. The van der Waals surface area contributed by atoms with Crippen LogP contribution in [0.15, 0.2) is 0 Å². The topological polar surface area (TPSA) is 66.8 Å². The number of hydrogen-bond acceptors (Lipinski definition) is 3. The molecule has 0 aromatic heterocycles. The summed E-state index contributed by atoms with van der Waals surface area (Å²) >= 11 is 0. The summed E-state index contributed by atoms with van der Waals surface area (Å²) in [5.74, 6) is -0.926. The molecule has 0 aromatic carbocycles. The van der Waals surface area contributed by atoms with Crippen molar-refractivity contribution in [1.29, 1.82) is 0 Å². The predicted molar refractivity (Wildman–Crippen MR) is 53.6 cm³/mol. The Balaban J connectivity index is 2.48. The maximum atomic E-state index is 11.5. The maximum absolute atomic E-state index is 11.5. The van der Waals surface area contributed by atoms with E-state index in [9.17, 15) is 9.59 Å². The van der Waals surface area contributed by atoms with E-state index < -0.39 is 12.1 Å². The number of carbonyl (C=O) groups excluding carboxylic acids is 1. The van der Waals surface area contributed by atoms with Gasteiger partial charge in [-0.1, -0.05) is 6.92 Å². The Kier molecular flexibility index (Phi) is 3.94. The van der Waals surface area contributed by atoms with Crippen LogP contribution in [0.25, 0.3) is 0 Å². The minimum absolute atomic E-state index is 0.0971. The number of rotatable bonds is 4. The van der Waals surface area contributed by atoms with Gasteiger partial charge in [-0.3, -0.25) is 4.79 Å². The molecule has 0 radical (unpaired) electrons. The second-order valence-corrected chi connectivity index (χ2v) is 3.84. The number of hydrogen-bond donors (Lipinski definition) is 1. The van der Waals surface area contributed by atoms with Gasteiger partial charge in [0.25, 0.3) is 0 Å². The molecule has 1 rings (SSSR count). The standard InChI is InChI=1S/C10H17NO4/c1-3-7(2)11-5-4-8(6-9(12)13)15-10(11)14/h7-8H,3-6H2,1-2H3,(H,12,13). The summed E-state index contributed by atoms with van der Waals surface area (Å²) in [7, 11) is 0. The molecule has 0 bridgehead atoms. The van der Waals surface area contributed by atoms with Crippen molar-refractivity contribution in [2.24, 2.45) is 0 Å². The number of carboxylic acids is 1. The van der Waals surface area contributed by atoms with Gasteiger partial charge in [-0.05, 0) is 13.3 Å². The van der Waals surface area contributed by atoms with Crippen LogP contribution < -0.4 is 0 Å². The van der Waals surface area contributed by atoms with Gasteiger partial charge in [0.15, 0.2) is 0 Å². The summed E-state index contributed by atoms with van der Waals surface area (Å²) in [6.45, 7) is 4.55. The van der Waals surface area contributed by atoms with E-state index in [2.05, 4.69) is 0 Å². The van der Waals surface area contributed by atoms with Crippen LogP contribution in [-0.4, -0.2) is 40.8 Å². The molecule has 1 amide bonds. The molecule has 1 heterocycles. The van der Waals surface area contributed by atoms with Crippen LogP contribution in [0.4, 0.5) is 4.79 Å². The van der Waals surface area contributed by atoms with E-state index in [0.717, 1.165) is 6.42 Å². The van der Waals surface area contributed by atoms with Crippen molar-refractivity contribution in [3.05, 3.63) is 0 Å². The van der Waals surface area contributed by atoms with Crippen LogP contribution in [0.2, 0.25) is 0 Å². The van der Waals surface area contributed by atoms with Crippen molar-refractivity contribution in [1.82, 2.24) is 4.90 Å². The quantitative estimate of drug-likeness (QED) is 0.771. The van der Waals surface area contributed by atoms with Gasteiger partial charge in [0, 0.05) is 19.0 Å². The van der Waals surface area contributed by atoms with Crippen LogP contribution >= 0.6 is 0 Å². The summed E-state index contributed by atoms with van der Waals surface area (Å²) in [6, 6.07) is 0.156. The number of amides is 1. The van der Waals surface area contributed by atoms with E-state index in [0.29, 0.717) is 13.0 Å². The lowest BCUT2D eigenvalue weighted by molar-refractivity contribution is -0.140. The highest BCUT2D eigenvalue weighted by Gasteiger charge is 2.30. The molecule has 2 unspecified atom stereocenters. The first-order chi connectivity index (χ1) is 7.04. The average Bonchev–Trinajstić information content (AvgIpc) is 2.16. The summed E-state index contributed by atoms with van der Waals surface area (Å²) in [6.07, 6.45) is 0.526. The predicted octanol–water partition coefficient (Wildman–Crippen LogP) is 1.47. The lowest BCUT2D eigenvalue weighted by Crippen LogP contribution is -2.46. The second-order valence-electron chi connectivity index (χ2n) is 3.84. The Morgan fingerprint density at radius 2 is 2.40 bits per heavy atom. The fraction of sp³-hybridized carbons (Fsp3) is 0.800. The van der Waals surface area contributed by atoms with Crippen LogP contribution in [-0.2, 0) is 9.53 Å². The smallest absolute Gasteiger partial charge is 0.410 e. The molecule has 1 aliphatic rings. The van der Waals surface area contributed by atoms with Gasteiger partial charge in [0.2, 0.25) is 0 Å². The van der Waals surface area contributed by atoms with E-state index in [1.165, 1.54) is 0 Å². The third kappa shape index (κ3) is 3.11. The summed E-state index contributed by atoms with van der Waals surface area (Å²) < 4.78 is 5.04. The average molecular weight is 215 g/mol. The number of carboxylic acid groups (broad SMARTS) is 1. The highest BCUT2D eigenvalue weighted by atomic mass is 16.6. The van der Waals surface area contributed by atoms with E-state index in [-0.39, 0.29) is 18.6 Å². The van der Waals surface area contributed by atoms with Crippen LogP contribution in [0.5, 0.6) is 0 Å². The van der Waals surface area contributed by atoms with Crippen molar-refractivity contribution in [3.8, 4) is 0 Å². The van der Waals surface area contributed by atoms with Crippen molar-refractivity contribution < 1.29 is 19.4 Å². The Morgan fingerprint density at radius 3 is 2.87 bits per heavy atom. The van der Waals surface area contributed by atoms with Crippen LogP contribution in [0, 0.1) is 0 Å². The lowest BCUT2D eigenvalue weighted by atomic mass is 10.1. The third-order valence-corrected chi connectivity index (χ3v) is 2.72. The minimum Gasteiger partial charge on any atom is -0.481 e. The first kappa shape index (κ1) is 11.8. The van der Waals surface area contributed by atoms with E-state index in [4.69, 9.17) is 9.84 Å². The molecule has 1 fully saturated rings. The number of aliphatic carboxylic acids is 1. The SMILES string of the molecule is CCC(C)N1CCC(CC(=O)O)OC1=O. The number of cyclic esters (lactones) is 1.